The summed E-state index contributed by atoms with van der Waals surface area (Å²) in [6, 6.07) is 0. The summed E-state index contributed by atoms with van der Waals surface area (Å²) in [5.41, 5.74) is -0.449. The number of allylic oxidation sites excluding steroid dienone is 1. The first kappa shape index (κ1) is 15.7. The lowest BCUT2D eigenvalue weighted by molar-refractivity contribution is -0.0541. The Bertz CT molecular complexity index is 305. The highest BCUT2D eigenvalue weighted by molar-refractivity contribution is 5.02. The van der Waals surface area contributed by atoms with E-state index in [9.17, 15) is 10.2 Å². The van der Waals surface area contributed by atoms with E-state index < -0.39 is 11.2 Å². The summed E-state index contributed by atoms with van der Waals surface area (Å²) < 4.78 is 0. The molecule has 0 bridgehead atoms. The van der Waals surface area contributed by atoms with Gasteiger partial charge < -0.3 is 15.3 Å². The van der Waals surface area contributed by atoms with E-state index in [0.29, 0.717) is 6.42 Å². The Labute approximate surface area is 111 Å². The van der Waals surface area contributed by atoms with Crippen LogP contribution in [0.4, 0.5) is 0 Å². The summed E-state index contributed by atoms with van der Waals surface area (Å²) >= 11 is 0. The SMILES string of the molecule is C/C(=C/CC[C@@](C)(O)[C@@H]1CC[C@](C)(O)[C@H]1C)CO. The second-order valence-electron chi connectivity index (χ2n) is 6.40. The van der Waals surface area contributed by atoms with Crippen LogP contribution in [0.1, 0.15) is 53.4 Å². The summed E-state index contributed by atoms with van der Waals surface area (Å²) in [6.45, 7) is 7.73. The van der Waals surface area contributed by atoms with Crippen LogP contribution < -0.4 is 0 Å². The largest absolute Gasteiger partial charge is 0.392 e. The van der Waals surface area contributed by atoms with Crippen LogP contribution in [0.3, 0.4) is 0 Å². The molecule has 3 nitrogen and oxygen atoms in total. The molecular formula is C15H28O3. The van der Waals surface area contributed by atoms with Gasteiger partial charge in [0.05, 0.1) is 17.8 Å². The van der Waals surface area contributed by atoms with Gasteiger partial charge in [0.1, 0.15) is 0 Å². The Morgan fingerprint density at radius 1 is 1.50 bits per heavy atom. The maximum Gasteiger partial charge on any atom is 0.0654 e. The molecule has 1 rings (SSSR count). The van der Waals surface area contributed by atoms with E-state index in [4.69, 9.17) is 5.11 Å². The van der Waals surface area contributed by atoms with E-state index in [2.05, 4.69) is 0 Å². The third-order valence-corrected chi connectivity index (χ3v) is 4.74. The van der Waals surface area contributed by atoms with Gasteiger partial charge in [0, 0.05) is 0 Å². The minimum absolute atomic E-state index is 0.0800. The second kappa shape index (κ2) is 5.72. The molecule has 0 saturated heterocycles. The molecule has 3 N–H and O–H groups in total. The van der Waals surface area contributed by atoms with Crippen LogP contribution in [0.5, 0.6) is 0 Å². The van der Waals surface area contributed by atoms with E-state index in [-0.39, 0.29) is 18.4 Å². The minimum atomic E-state index is -0.744. The van der Waals surface area contributed by atoms with E-state index >= 15 is 0 Å². The van der Waals surface area contributed by atoms with Crippen LogP contribution in [0.2, 0.25) is 0 Å². The van der Waals surface area contributed by atoms with E-state index in [1.54, 1.807) is 0 Å². The van der Waals surface area contributed by atoms with Gasteiger partial charge in [-0.3, -0.25) is 0 Å². The first-order valence-electron chi connectivity index (χ1n) is 6.92. The van der Waals surface area contributed by atoms with E-state index in [1.807, 2.05) is 33.8 Å². The van der Waals surface area contributed by atoms with Crippen molar-refractivity contribution in [3.05, 3.63) is 11.6 Å². The Morgan fingerprint density at radius 3 is 2.56 bits per heavy atom. The van der Waals surface area contributed by atoms with Gasteiger partial charge in [0.15, 0.2) is 0 Å². The fourth-order valence-corrected chi connectivity index (χ4v) is 3.07. The molecule has 0 unspecified atom stereocenters. The van der Waals surface area contributed by atoms with Gasteiger partial charge in [-0.15, -0.1) is 0 Å². The predicted molar refractivity (Wildman–Crippen MR) is 73.2 cm³/mol. The molecule has 1 aliphatic rings. The normalized spacial score (nSPS) is 36.7. The third kappa shape index (κ3) is 3.56. The molecule has 3 heteroatoms. The van der Waals surface area contributed by atoms with Gasteiger partial charge in [-0.1, -0.05) is 18.6 Å². The van der Waals surface area contributed by atoms with Gasteiger partial charge in [-0.2, -0.15) is 0 Å². The van der Waals surface area contributed by atoms with Gasteiger partial charge in [0.25, 0.3) is 0 Å². The lowest BCUT2D eigenvalue weighted by Gasteiger charge is -2.35. The Hall–Kier alpha value is -0.380. The van der Waals surface area contributed by atoms with Crippen molar-refractivity contribution in [1.29, 1.82) is 0 Å². The van der Waals surface area contributed by atoms with Crippen LogP contribution in [0.25, 0.3) is 0 Å². The summed E-state index contributed by atoms with van der Waals surface area (Å²) in [7, 11) is 0. The summed E-state index contributed by atoms with van der Waals surface area (Å²) in [6.07, 6.45) is 5.07. The molecule has 1 aliphatic carbocycles. The Morgan fingerprint density at radius 2 is 2.11 bits per heavy atom. The second-order valence-corrected chi connectivity index (χ2v) is 6.40. The molecule has 0 heterocycles. The van der Waals surface area contributed by atoms with Crippen molar-refractivity contribution >= 4 is 0 Å². The Balaban J connectivity index is 2.59. The Kier molecular flexibility index (Phi) is 4.98. The lowest BCUT2D eigenvalue weighted by Crippen LogP contribution is -2.40. The summed E-state index contributed by atoms with van der Waals surface area (Å²) in [5, 5.41) is 29.7. The highest BCUT2D eigenvalue weighted by Crippen LogP contribution is 2.46. The number of aliphatic hydroxyl groups is 3. The summed E-state index contributed by atoms with van der Waals surface area (Å²) in [5.74, 6) is 0.269. The molecule has 1 fully saturated rings. The standard InChI is InChI=1S/C15H28O3/c1-11(10-16)6-5-8-15(4,18)13-7-9-14(3,17)12(13)2/h6,12-13,16-18H,5,7-10H2,1-4H3/b11-6-/t12-,13+,14-,15+/m0/s1. The molecule has 106 valence electrons. The van der Waals surface area contributed by atoms with Crippen LogP contribution in [0.15, 0.2) is 11.6 Å². The zero-order chi connectivity index (χ0) is 14.0. The van der Waals surface area contributed by atoms with Crippen molar-refractivity contribution in [2.45, 2.75) is 64.6 Å². The van der Waals surface area contributed by atoms with Crippen molar-refractivity contribution in [2.24, 2.45) is 11.8 Å². The smallest absolute Gasteiger partial charge is 0.0654 e. The highest BCUT2D eigenvalue weighted by atomic mass is 16.3. The fraction of sp³-hybridized carbons (Fsp3) is 0.867. The maximum absolute atomic E-state index is 10.6. The van der Waals surface area contributed by atoms with Crippen molar-refractivity contribution < 1.29 is 15.3 Å². The number of rotatable bonds is 5. The molecule has 0 aromatic heterocycles. The molecule has 0 amide bonds. The van der Waals surface area contributed by atoms with Crippen molar-refractivity contribution in [3.63, 3.8) is 0 Å². The predicted octanol–water partition coefficient (Wildman–Crippen LogP) is 2.25. The third-order valence-electron chi connectivity index (χ3n) is 4.74. The number of hydrogen-bond donors (Lipinski definition) is 3. The number of aliphatic hydroxyl groups excluding tert-OH is 1. The minimum Gasteiger partial charge on any atom is -0.392 e. The van der Waals surface area contributed by atoms with Gasteiger partial charge >= 0.3 is 0 Å². The maximum atomic E-state index is 10.6. The summed E-state index contributed by atoms with van der Waals surface area (Å²) in [4.78, 5) is 0. The van der Waals surface area contributed by atoms with Gasteiger partial charge in [-0.05, 0) is 58.3 Å². The van der Waals surface area contributed by atoms with Crippen molar-refractivity contribution in [3.8, 4) is 0 Å². The molecule has 0 aliphatic heterocycles. The zero-order valence-electron chi connectivity index (χ0n) is 12.1. The van der Waals surface area contributed by atoms with Gasteiger partial charge in [0.2, 0.25) is 0 Å². The lowest BCUT2D eigenvalue weighted by atomic mass is 9.76. The topological polar surface area (TPSA) is 60.7 Å². The fourth-order valence-electron chi connectivity index (χ4n) is 3.07. The monoisotopic (exact) mass is 256 g/mol. The van der Waals surface area contributed by atoms with Crippen molar-refractivity contribution in [2.75, 3.05) is 6.61 Å². The molecular weight excluding hydrogens is 228 g/mol. The van der Waals surface area contributed by atoms with Gasteiger partial charge in [-0.25, -0.2) is 0 Å². The molecule has 0 radical (unpaired) electrons. The number of hydrogen-bond acceptors (Lipinski definition) is 3. The average molecular weight is 256 g/mol. The van der Waals surface area contributed by atoms with Crippen LogP contribution >= 0.6 is 0 Å². The first-order chi connectivity index (χ1) is 8.20. The molecule has 0 aromatic carbocycles. The molecule has 18 heavy (non-hydrogen) atoms. The van der Waals surface area contributed by atoms with Crippen LogP contribution in [-0.4, -0.2) is 33.1 Å². The first-order valence-corrected chi connectivity index (χ1v) is 6.92. The van der Waals surface area contributed by atoms with Crippen molar-refractivity contribution in [1.82, 2.24) is 0 Å². The zero-order valence-corrected chi connectivity index (χ0v) is 12.1. The van der Waals surface area contributed by atoms with Crippen LogP contribution in [0, 0.1) is 11.8 Å². The molecule has 1 saturated carbocycles. The van der Waals surface area contributed by atoms with E-state index in [0.717, 1.165) is 24.8 Å². The highest BCUT2D eigenvalue weighted by Gasteiger charge is 2.47. The molecule has 4 atom stereocenters. The molecule has 0 spiro atoms. The van der Waals surface area contributed by atoms with Crippen LogP contribution in [-0.2, 0) is 0 Å². The molecule has 0 aromatic rings. The average Bonchev–Trinajstić information content (AvgIpc) is 2.54. The quantitative estimate of drug-likeness (QED) is 0.661. The van der Waals surface area contributed by atoms with E-state index in [1.165, 1.54) is 0 Å².